The van der Waals surface area contributed by atoms with E-state index < -0.39 is 11.9 Å². The number of anilines is 2. The Hall–Kier alpha value is -1.61. The molecule has 120 valence electrons. The van der Waals surface area contributed by atoms with Gasteiger partial charge in [0.05, 0.1) is 0 Å². The summed E-state index contributed by atoms with van der Waals surface area (Å²) in [5.74, 6) is 4.87. The first-order valence-electron chi connectivity index (χ1n) is 6.33. The van der Waals surface area contributed by atoms with E-state index in [9.17, 15) is 13.2 Å². The van der Waals surface area contributed by atoms with Crippen molar-refractivity contribution in [3.05, 3.63) is 11.8 Å². The highest BCUT2D eigenvalue weighted by molar-refractivity contribution is 5.42. The molecule has 1 aromatic heterocycles. The molecule has 0 radical (unpaired) electrons. The lowest BCUT2D eigenvalue weighted by Gasteiger charge is -2.25. The summed E-state index contributed by atoms with van der Waals surface area (Å²) in [4.78, 5) is 7.14. The second kappa shape index (κ2) is 6.90. The van der Waals surface area contributed by atoms with Gasteiger partial charge in [-0.25, -0.2) is 10.8 Å². The molecule has 0 saturated heterocycles. The lowest BCUT2D eigenvalue weighted by Crippen LogP contribution is -2.25. The van der Waals surface area contributed by atoms with Crippen LogP contribution in [0.1, 0.15) is 26.0 Å². The number of hydrazine groups is 1. The highest BCUT2D eigenvalue weighted by Gasteiger charge is 2.33. The van der Waals surface area contributed by atoms with Crippen LogP contribution in [0.5, 0.6) is 0 Å². The van der Waals surface area contributed by atoms with Crippen LogP contribution in [0, 0.1) is 5.41 Å². The normalized spacial score (nSPS) is 12.3. The number of nitrogens with zero attached hydrogens (tertiary/aromatic N) is 2. The van der Waals surface area contributed by atoms with Crippen LogP contribution >= 0.6 is 0 Å². The summed E-state index contributed by atoms with van der Waals surface area (Å²) in [7, 11) is 1.60. The quantitative estimate of drug-likeness (QED) is 0.529. The maximum Gasteiger partial charge on any atom is 0.433 e. The van der Waals surface area contributed by atoms with E-state index in [1.165, 1.54) is 0 Å². The van der Waals surface area contributed by atoms with Crippen LogP contribution in [-0.4, -0.2) is 30.2 Å². The van der Waals surface area contributed by atoms with Crippen molar-refractivity contribution in [1.82, 2.24) is 9.97 Å². The summed E-state index contributed by atoms with van der Waals surface area (Å²) in [5.41, 5.74) is 0.819. The Bertz CT molecular complexity index is 465. The zero-order valence-electron chi connectivity index (χ0n) is 12.2. The van der Waals surface area contributed by atoms with Gasteiger partial charge in [-0.05, 0) is 11.8 Å². The third-order valence-corrected chi connectivity index (χ3v) is 2.88. The van der Waals surface area contributed by atoms with E-state index in [1.807, 2.05) is 19.3 Å². The smallest absolute Gasteiger partial charge is 0.385 e. The number of ether oxygens (including phenoxy) is 1. The SMILES string of the molecule is COCCC(C)(C)CNc1cc(C(F)(F)F)nc(NN)n1. The van der Waals surface area contributed by atoms with Gasteiger partial charge >= 0.3 is 6.18 Å². The van der Waals surface area contributed by atoms with Crippen molar-refractivity contribution in [2.75, 3.05) is 31.0 Å². The third kappa shape index (κ3) is 5.72. The van der Waals surface area contributed by atoms with E-state index in [2.05, 4.69) is 15.3 Å². The minimum Gasteiger partial charge on any atom is -0.385 e. The van der Waals surface area contributed by atoms with E-state index in [0.29, 0.717) is 13.2 Å². The number of nitrogens with one attached hydrogen (secondary N) is 2. The molecule has 1 heterocycles. The fourth-order valence-electron chi connectivity index (χ4n) is 1.54. The van der Waals surface area contributed by atoms with Gasteiger partial charge in [-0.1, -0.05) is 13.8 Å². The van der Waals surface area contributed by atoms with Crippen LogP contribution < -0.4 is 16.6 Å². The number of aromatic nitrogens is 2. The van der Waals surface area contributed by atoms with Gasteiger partial charge in [0.25, 0.3) is 0 Å². The first kappa shape index (κ1) is 17.4. The van der Waals surface area contributed by atoms with Crippen molar-refractivity contribution >= 4 is 11.8 Å². The zero-order chi connectivity index (χ0) is 16.1. The second-order valence-electron chi connectivity index (χ2n) is 5.36. The molecule has 0 unspecified atom stereocenters. The molecule has 0 aliphatic heterocycles. The molecule has 1 rings (SSSR count). The highest BCUT2D eigenvalue weighted by Crippen LogP contribution is 2.30. The number of nitrogens with two attached hydrogens (primary N) is 1. The number of nitrogen functional groups attached to an aromatic ring is 1. The molecular formula is C12H20F3N5O. The summed E-state index contributed by atoms with van der Waals surface area (Å²) >= 11 is 0. The molecule has 0 aromatic carbocycles. The van der Waals surface area contributed by atoms with Crippen molar-refractivity contribution in [2.45, 2.75) is 26.4 Å². The summed E-state index contributed by atoms with van der Waals surface area (Å²) < 4.78 is 43.2. The minimum absolute atomic E-state index is 0.0655. The largest absolute Gasteiger partial charge is 0.433 e. The van der Waals surface area contributed by atoms with Crippen LogP contribution in [0.25, 0.3) is 0 Å². The van der Waals surface area contributed by atoms with E-state index in [-0.39, 0.29) is 17.2 Å². The molecule has 0 fully saturated rings. The maximum atomic E-state index is 12.7. The summed E-state index contributed by atoms with van der Waals surface area (Å²) in [5, 5.41) is 2.88. The molecule has 21 heavy (non-hydrogen) atoms. The number of hydrogen-bond acceptors (Lipinski definition) is 6. The monoisotopic (exact) mass is 307 g/mol. The number of rotatable bonds is 7. The average molecular weight is 307 g/mol. The molecule has 0 saturated carbocycles. The highest BCUT2D eigenvalue weighted by atomic mass is 19.4. The molecule has 0 atom stereocenters. The second-order valence-corrected chi connectivity index (χ2v) is 5.36. The van der Waals surface area contributed by atoms with Crippen molar-refractivity contribution in [3.8, 4) is 0 Å². The minimum atomic E-state index is -4.56. The molecule has 6 nitrogen and oxygen atoms in total. The van der Waals surface area contributed by atoms with Gasteiger partial charge in [0, 0.05) is 26.3 Å². The van der Waals surface area contributed by atoms with Crippen LogP contribution in [0.3, 0.4) is 0 Å². The van der Waals surface area contributed by atoms with Gasteiger partial charge in [-0.3, -0.25) is 5.43 Å². The Morgan fingerprint density at radius 2 is 1.95 bits per heavy atom. The van der Waals surface area contributed by atoms with Gasteiger partial charge in [0.1, 0.15) is 5.82 Å². The summed E-state index contributed by atoms with van der Waals surface area (Å²) in [6, 6.07) is 0.854. The molecule has 0 bridgehead atoms. The average Bonchev–Trinajstić information content (AvgIpc) is 2.42. The lowest BCUT2D eigenvalue weighted by atomic mass is 9.90. The molecule has 0 amide bonds. The van der Waals surface area contributed by atoms with Crippen LogP contribution in [0.4, 0.5) is 24.9 Å². The number of methoxy groups -OCH3 is 1. The van der Waals surface area contributed by atoms with E-state index in [4.69, 9.17) is 10.6 Å². The van der Waals surface area contributed by atoms with Crippen LogP contribution in [0.15, 0.2) is 6.07 Å². The molecule has 9 heteroatoms. The standard InChI is InChI=1S/C12H20F3N5O/c1-11(2,4-5-21-3)7-17-9-6-8(12(13,14)15)18-10(19-9)20-16/h6H,4-5,7,16H2,1-3H3,(H2,17,18,19,20). The predicted octanol–water partition coefficient (Wildman–Crippen LogP) is 2.26. The Morgan fingerprint density at radius 1 is 1.29 bits per heavy atom. The molecule has 0 aliphatic carbocycles. The molecule has 1 aromatic rings. The van der Waals surface area contributed by atoms with E-state index >= 15 is 0 Å². The Morgan fingerprint density at radius 3 is 2.48 bits per heavy atom. The van der Waals surface area contributed by atoms with Gasteiger partial charge in [-0.15, -0.1) is 0 Å². The van der Waals surface area contributed by atoms with Gasteiger partial charge in [0.2, 0.25) is 5.95 Å². The number of hydrogen-bond donors (Lipinski definition) is 3. The first-order valence-corrected chi connectivity index (χ1v) is 6.33. The molecule has 4 N–H and O–H groups in total. The molecule has 0 aliphatic rings. The van der Waals surface area contributed by atoms with Crippen LogP contribution in [-0.2, 0) is 10.9 Å². The predicted molar refractivity (Wildman–Crippen MR) is 73.6 cm³/mol. The Kier molecular flexibility index (Phi) is 5.73. The molecule has 0 spiro atoms. The summed E-state index contributed by atoms with van der Waals surface area (Å²) in [6.07, 6.45) is -3.80. The zero-order valence-corrected chi connectivity index (χ0v) is 12.2. The van der Waals surface area contributed by atoms with E-state index in [1.54, 1.807) is 7.11 Å². The van der Waals surface area contributed by atoms with Gasteiger partial charge in [-0.2, -0.15) is 18.2 Å². The van der Waals surface area contributed by atoms with Crippen molar-refractivity contribution < 1.29 is 17.9 Å². The van der Waals surface area contributed by atoms with E-state index in [0.717, 1.165) is 12.5 Å². The fourth-order valence-corrected chi connectivity index (χ4v) is 1.54. The van der Waals surface area contributed by atoms with Gasteiger partial charge < -0.3 is 10.1 Å². The third-order valence-electron chi connectivity index (χ3n) is 2.88. The first-order chi connectivity index (χ1) is 9.68. The van der Waals surface area contributed by atoms with Crippen molar-refractivity contribution in [3.63, 3.8) is 0 Å². The Labute approximate surface area is 121 Å². The Balaban J connectivity index is 2.83. The fraction of sp³-hybridized carbons (Fsp3) is 0.667. The lowest BCUT2D eigenvalue weighted by molar-refractivity contribution is -0.141. The topological polar surface area (TPSA) is 85.1 Å². The summed E-state index contributed by atoms with van der Waals surface area (Å²) in [6.45, 7) is 4.97. The van der Waals surface area contributed by atoms with Crippen molar-refractivity contribution in [1.29, 1.82) is 0 Å². The number of alkyl halides is 3. The van der Waals surface area contributed by atoms with Crippen molar-refractivity contribution in [2.24, 2.45) is 11.3 Å². The number of halogens is 3. The maximum absolute atomic E-state index is 12.7. The van der Waals surface area contributed by atoms with Gasteiger partial charge in [0.15, 0.2) is 5.69 Å². The molecular weight excluding hydrogens is 287 g/mol. The van der Waals surface area contributed by atoms with Crippen LogP contribution in [0.2, 0.25) is 0 Å².